The van der Waals surface area contributed by atoms with Crippen molar-refractivity contribution in [3.8, 4) is 0 Å². The number of nitrogens with zero attached hydrogens (tertiary/aromatic N) is 2. The highest BCUT2D eigenvalue weighted by atomic mass is 32.2. The van der Waals surface area contributed by atoms with Gasteiger partial charge in [0.15, 0.2) is 0 Å². The third kappa shape index (κ3) is 3.08. The highest BCUT2D eigenvalue weighted by molar-refractivity contribution is 8.00. The largest absolute Gasteiger partial charge is 0.447 e. The summed E-state index contributed by atoms with van der Waals surface area (Å²) in [6.45, 7) is 1.66. The fourth-order valence-electron chi connectivity index (χ4n) is 0.552. The molecule has 1 heterocycles. The fourth-order valence-corrected chi connectivity index (χ4v) is 1.000. The molecule has 0 aliphatic rings. The minimum absolute atomic E-state index is 0.131. The first-order valence-electron chi connectivity index (χ1n) is 3.02. The van der Waals surface area contributed by atoms with Crippen LogP contribution in [0.15, 0.2) is 17.4 Å². The van der Waals surface area contributed by atoms with Gasteiger partial charge in [0.25, 0.3) is 0 Å². The molecular weight excluding hydrogens is 189 g/mol. The van der Waals surface area contributed by atoms with E-state index < -0.39 is 5.51 Å². The van der Waals surface area contributed by atoms with E-state index in [2.05, 4.69) is 9.97 Å². The van der Waals surface area contributed by atoms with Crippen LogP contribution in [0, 0.1) is 6.92 Å². The van der Waals surface area contributed by atoms with Crippen molar-refractivity contribution in [2.45, 2.75) is 17.5 Å². The summed E-state index contributed by atoms with van der Waals surface area (Å²) in [4.78, 5) is 7.22. The molecule has 0 amide bonds. The lowest BCUT2D eigenvalue weighted by Crippen LogP contribution is -2.00. The molecule has 0 aromatic carbocycles. The third-order valence-corrected chi connectivity index (χ3v) is 1.63. The van der Waals surface area contributed by atoms with Crippen LogP contribution in [0.2, 0.25) is 0 Å². The average molecular weight is 194 g/mol. The summed E-state index contributed by atoms with van der Waals surface area (Å²) in [6, 6.07) is 0. The first-order chi connectivity index (χ1) is 5.47. The van der Waals surface area contributed by atoms with E-state index in [1.54, 1.807) is 6.92 Å². The molecule has 66 valence electrons. The van der Waals surface area contributed by atoms with Crippen molar-refractivity contribution < 1.29 is 13.2 Å². The van der Waals surface area contributed by atoms with Crippen molar-refractivity contribution >= 4 is 11.8 Å². The zero-order chi connectivity index (χ0) is 9.19. The summed E-state index contributed by atoms with van der Waals surface area (Å²) in [6.07, 6.45) is 2.40. The Bertz CT molecular complexity index is 256. The quantitative estimate of drug-likeness (QED) is 0.642. The molecule has 0 radical (unpaired) electrons. The van der Waals surface area contributed by atoms with Gasteiger partial charge in [-0.05, 0) is 6.92 Å². The molecule has 0 fully saturated rings. The minimum atomic E-state index is -4.29. The van der Waals surface area contributed by atoms with E-state index in [0.29, 0.717) is 5.69 Å². The van der Waals surface area contributed by atoms with Gasteiger partial charge < -0.3 is 0 Å². The Morgan fingerprint density at radius 1 is 1.25 bits per heavy atom. The van der Waals surface area contributed by atoms with Gasteiger partial charge in [-0.1, -0.05) is 0 Å². The van der Waals surface area contributed by atoms with Crippen molar-refractivity contribution in [3.63, 3.8) is 0 Å². The third-order valence-electron chi connectivity index (χ3n) is 0.978. The first-order valence-corrected chi connectivity index (χ1v) is 3.83. The predicted octanol–water partition coefficient (Wildman–Crippen LogP) is 2.40. The Labute approximate surface area is 71.2 Å². The topological polar surface area (TPSA) is 25.8 Å². The molecular formula is C6H5F3N2S. The molecule has 0 N–H and O–H groups in total. The Hall–Kier alpha value is -0.780. The van der Waals surface area contributed by atoms with Crippen LogP contribution >= 0.6 is 11.8 Å². The van der Waals surface area contributed by atoms with E-state index in [4.69, 9.17) is 0 Å². The lowest BCUT2D eigenvalue weighted by atomic mass is 10.5. The van der Waals surface area contributed by atoms with Gasteiger partial charge in [0, 0.05) is 18.0 Å². The number of hydrogen-bond donors (Lipinski definition) is 0. The molecule has 1 rings (SSSR count). The second-order valence-corrected chi connectivity index (χ2v) is 3.13. The molecule has 0 aliphatic heterocycles. The highest BCUT2D eigenvalue weighted by Gasteiger charge is 2.30. The summed E-state index contributed by atoms with van der Waals surface area (Å²) >= 11 is -0.264. The van der Waals surface area contributed by atoms with Gasteiger partial charge in [-0.3, -0.25) is 4.98 Å². The summed E-state index contributed by atoms with van der Waals surface area (Å²) in [5.41, 5.74) is -3.69. The smallest absolute Gasteiger partial charge is 0.257 e. The van der Waals surface area contributed by atoms with Crippen LogP contribution in [-0.2, 0) is 0 Å². The number of thioether (sulfide) groups is 1. The number of alkyl halides is 3. The lowest BCUT2D eigenvalue weighted by molar-refractivity contribution is -0.0329. The minimum Gasteiger partial charge on any atom is -0.257 e. The number of hydrogen-bond acceptors (Lipinski definition) is 3. The molecule has 0 saturated carbocycles. The van der Waals surface area contributed by atoms with Gasteiger partial charge in [0.05, 0.1) is 11.9 Å². The number of aryl methyl sites for hydroxylation is 1. The van der Waals surface area contributed by atoms with Crippen LogP contribution in [0.3, 0.4) is 0 Å². The van der Waals surface area contributed by atoms with E-state index in [1.165, 1.54) is 6.20 Å². The molecule has 12 heavy (non-hydrogen) atoms. The standard InChI is InChI=1S/C6H5F3N2S/c1-4-2-11-5(3-10-4)12-6(7,8)9/h2-3H,1H3. The summed E-state index contributed by atoms with van der Waals surface area (Å²) < 4.78 is 35.2. The molecule has 0 saturated heterocycles. The van der Waals surface area contributed by atoms with Crippen LogP contribution in [-0.4, -0.2) is 15.5 Å². The molecule has 0 bridgehead atoms. The maximum Gasteiger partial charge on any atom is 0.447 e. The zero-order valence-corrected chi connectivity index (χ0v) is 6.91. The van der Waals surface area contributed by atoms with Crippen LogP contribution in [0.25, 0.3) is 0 Å². The average Bonchev–Trinajstić information content (AvgIpc) is 1.91. The van der Waals surface area contributed by atoms with Crippen LogP contribution in [0.1, 0.15) is 5.69 Å². The zero-order valence-electron chi connectivity index (χ0n) is 6.09. The Kier molecular flexibility index (Phi) is 2.56. The Balaban J connectivity index is 2.71. The van der Waals surface area contributed by atoms with Crippen molar-refractivity contribution in [1.82, 2.24) is 9.97 Å². The Morgan fingerprint density at radius 3 is 2.33 bits per heavy atom. The van der Waals surface area contributed by atoms with E-state index in [9.17, 15) is 13.2 Å². The van der Waals surface area contributed by atoms with Gasteiger partial charge in [0.1, 0.15) is 5.03 Å². The van der Waals surface area contributed by atoms with E-state index in [-0.39, 0.29) is 16.8 Å². The molecule has 2 nitrogen and oxygen atoms in total. The number of halogens is 3. The molecule has 1 aromatic rings. The van der Waals surface area contributed by atoms with Crippen molar-refractivity contribution in [1.29, 1.82) is 0 Å². The molecule has 0 atom stereocenters. The second kappa shape index (κ2) is 3.30. The van der Waals surface area contributed by atoms with Gasteiger partial charge in [0.2, 0.25) is 0 Å². The number of rotatable bonds is 1. The molecule has 0 unspecified atom stereocenters. The van der Waals surface area contributed by atoms with Crippen molar-refractivity contribution in [2.24, 2.45) is 0 Å². The van der Waals surface area contributed by atoms with Crippen molar-refractivity contribution in [2.75, 3.05) is 0 Å². The monoisotopic (exact) mass is 194 g/mol. The summed E-state index contributed by atoms with van der Waals surface area (Å²) in [5, 5.41) is -0.131. The van der Waals surface area contributed by atoms with E-state index in [0.717, 1.165) is 6.20 Å². The fraction of sp³-hybridized carbons (Fsp3) is 0.333. The SMILES string of the molecule is Cc1cnc(SC(F)(F)F)cn1. The summed E-state index contributed by atoms with van der Waals surface area (Å²) in [7, 11) is 0. The van der Waals surface area contributed by atoms with E-state index in [1.807, 2.05) is 0 Å². The maximum atomic E-state index is 11.7. The lowest BCUT2D eigenvalue weighted by Gasteiger charge is -2.03. The van der Waals surface area contributed by atoms with Crippen LogP contribution in [0.5, 0.6) is 0 Å². The molecule has 0 spiro atoms. The molecule has 0 aliphatic carbocycles. The summed E-state index contributed by atoms with van der Waals surface area (Å²) in [5.74, 6) is 0. The Morgan fingerprint density at radius 2 is 1.92 bits per heavy atom. The van der Waals surface area contributed by atoms with Gasteiger partial charge in [-0.25, -0.2) is 4.98 Å². The van der Waals surface area contributed by atoms with Gasteiger partial charge in [-0.2, -0.15) is 13.2 Å². The van der Waals surface area contributed by atoms with Gasteiger partial charge >= 0.3 is 5.51 Å². The molecule has 6 heteroatoms. The first kappa shape index (κ1) is 9.31. The molecule has 1 aromatic heterocycles. The predicted molar refractivity (Wildman–Crippen MR) is 38.7 cm³/mol. The van der Waals surface area contributed by atoms with Crippen LogP contribution in [0.4, 0.5) is 13.2 Å². The second-order valence-electron chi connectivity index (χ2n) is 2.04. The van der Waals surface area contributed by atoms with Gasteiger partial charge in [-0.15, -0.1) is 0 Å². The normalized spacial score (nSPS) is 11.7. The number of aromatic nitrogens is 2. The maximum absolute atomic E-state index is 11.7. The van der Waals surface area contributed by atoms with Crippen molar-refractivity contribution in [3.05, 3.63) is 18.1 Å². The highest BCUT2D eigenvalue weighted by Crippen LogP contribution is 2.34. The van der Waals surface area contributed by atoms with E-state index >= 15 is 0 Å². The van der Waals surface area contributed by atoms with Crippen LogP contribution < -0.4 is 0 Å².